The summed E-state index contributed by atoms with van der Waals surface area (Å²) in [5.74, 6) is 1.29. The topological polar surface area (TPSA) is 55.1 Å². The number of thiazole rings is 1. The van der Waals surface area contributed by atoms with Gasteiger partial charge in [0, 0.05) is 16.3 Å². The molecular formula is C16H14N2O2S2. The third-order valence-electron chi connectivity index (χ3n) is 2.91. The van der Waals surface area contributed by atoms with E-state index in [1.54, 1.807) is 28.7 Å². The van der Waals surface area contributed by atoms with Crippen molar-refractivity contribution in [1.29, 1.82) is 0 Å². The minimum atomic E-state index is -0.143. The number of aromatic nitrogens is 1. The van der Waals surface area contributed by atoms with Crippen LogP contribution in [0.4, 0.5) is 0 Å². The molecule has 6 heteroatoms. The van der Waals surface area contributed by atoms with Gasteiger partial charge in [-0.15, -0.1) is 22.7 Å². The summed E-state index contributed by atoms with van der Waals surface area (Å²) in [4.78, 5) is 17.2. The van der Waals surface area contributed by atoms with Crippen LogP contribution in [0.5, 0.6) is 0 Å². The summed E-state index contributed by atoms with van der Waals surface area (Å²) in [5.41, 5.74) is 0.831. The van der Waals surface area contributed by atoms with Crippen molar-refractivity contribution in [3.05, 3.63) is 56.7 Å². The van der Waals surface area contributed by atoms with E-state index in [9.17, 15) is 4.79 Å². The number of furan rings is 1. The maximum atomic E-state index is 11.7. The Morgan fingerprint density at radius 2 is 2.27 bits per heavy atom. The number of carbonyl (C=O) groups is 1. The fourth-order valence-electron chi connectivity index (χ4n) is 1.86. The molecule has 0 atom stereocenters. The van der Waals surface area contributed by atoms with E-state index in [-0.39, 0.29) is 5.91 Å². The van der Waals surface area contributed by atoms with Crippen LogP contribution in [0.25, 0.3) is 17.5 Å². The Hall–Kier alpha value is -2.18. The van der Waals surface area contributed by atoms with Crippen molar-refractivity contribution in [3.8, 4) is 11.5 Å². The molecule has 0 radical (unpaired) electrons. The van der Waals surface area contributed by atoms with E-state index >= 15 is 0 Å². The highest BCUT2D eigenvalue weighted by Gasteiger charge is 2.08. The SMILES string of the molecule is Cc1nc(-c2ccc(CNC(=O)/C=C/c3cccs3)o2)cs1. The first kappa shape index (κ1) is 14.7. The van der Waals surface area contributed by atoms with E-state index in [0.29, 0.717) is 12.3 Å². The predicted octanol–water partition coefficient (Wildman–Crippen LogP) is 4.10. The minimum Gasteiger partial charge on any atom is -0.458 e. The van der Waals surface area contributed by atoms with Gasteiger partial charge in [0.2, 0.25) is 5.91 Å². The maximum absolute atomic E-state index is 11.7. The highest BCUT2D eigenvalue weighted by Crippen LogP contribution is 2.23. The lowest BCUT2D eigenvalue weighted by atomic mass is 10.3. The lowest BCUT2D eigenvalue weighted by molar-refractivity contribution is -0.116. The largest absolute Gasteiger partial charge is 0.458 e. The fourth-order valence-corrected chi connectivity index (χ4v) is 3.08. The van der Waals surface area contributed by atoms with Gasteiger partial charge in [-0.25, -0.2) is 4.98 Å². The first-order chi connectivity index (χ1) is 10.7. The van der Waals surface area contributed by atoms with Gasteiger partial charge in [-0.3, -0.25) is 4.79 Å². The number of amides is 1. The zero-order chi connectivity index (χ0) is 15.4. The summed E-state index contributed by atoms with van der Waals surface area (Å²) in [6.45, 7) is 2.31. The molecule has 0 fully saturated rings. The van der Waals surface area contributed by atoms with Gasteiger partial charge in [0.05, 0.1) is 11.6 Å². The van der Waals surface area contributed by atoms with Crippen LogP contribution < -0.4 is 5.32 Å². The minimum absolute atomic E-state index is 0.143. The van der Waals surface area contributed by atoms with Crippen molar-refractivity contribution in [1.82, 2.24) is 10.3 Å². The summed E-state index contributed by atoms with van der Waals surface area (Å²) >= 11 is 3.17. The summed E-state index contributed by atoms with van der Waals surface area (Å²) in [6.07, 6.45) is 3.32. The molecule has 3 rings (SSSR count). The zero-order valence-corrected chi connectivity index (χ0v) is 13.5. The molecule has 0 saturated heterocycles. The van der Waals surface area contributed by atoms with Crippen molar-refractivity contribution in [2.75, 3.05) is 0 Å². The molecule has 0 aliphatic rings. The first-order valence-corrected chi connectivity index (χ1v) is 8.47. The molecule has 0 unspecified atom stereocenters. The second-order valence-electron chi connectivity index (χ2n) is 4.58. The number of nitrogens with one attached hydrogen (secondary N) is 1. The summed E-state index contributed by atoms with van der Waals surface area (Å²) in [5, 5.41) is 7.73. The molecular weight excluding hydrogens is 316 g/mol. The predicted molar refractivity (Wildman–Crippen MR) is 89.8 cm³/mol. The lowest BCUT2D eigenvalue weighted by Gasteiger charge is -1.98. The van der Waals surface area contributed by atoms with Crippen LogP contribution in [0, 0.1) is 6.92 Å². The number of carbonyl (C=O) groups excluding carboxylic acids is 1. The third-order valence-corrected chi connectivity index (χ3v) is 4.52. The van der Waals surface area contributed by atoms with Crippen LogP contribution in [0.2, 0.25) is 0 Å². The molecule has 3 aromatic heterocycles. The Morgan fingerprint density at radius 1 is 1.36 bits per heavy atom. The molecule has 0 bridgehead atoms. The second kappa shape index (κ2) is 6.72. The van der Waals surface area contributed by atoms with Crippen LogP contribution in [-0.2, 0) is 11.3 Å². The van der Waals surface area contributed by atoms with E-state index in [2.05, 4.69) is 10.3 Å². The standard InChI is InChI=1S/C16H14N2O2S2/c1-11-18-14(10-22-11)15-6-4-12(20-15)9-17-16(19)7-5-13-3-2-8-21-13/h2-8,10H,9H2,1H3,(H,17,19)/b7-5+. The van der Waals surface area contributed by atoms with Crippen LogP contribution in [0.1, 0.15) is 15.6 Å². The van der Waals surface area contributed by atoms with Gasteiger partial charge >= 0.3 is 0 Å². The summed E-state index contributed by atoms with van der Waals surface area (Å²) in [6, 6.07) is 7.64. The molecule has 112 valence electrons. The number of thiophene rings is 1. The van der Waals surface area contributed by atoms with E-state index in [1.165, 1.54) is 6.08 Å². The monoisotopic (exact) mass is 330 g/mol. The fraction of sp³-hybridized carbons (Fsp3) is 0.125. The van der Waals surface area contributed by atoms with Crippen molar-refractivity contribution < 1.29 is 9.21 Å². The molecule has 0 aromatic carbocycles. The number of hydrogen-bond acceptors (Lipinski definition) is 5. The Labute approximate surface area is 136 Å². The smallest absolute Gasteiger partial charge is 0.244 e. The number of aryl methyl sites for hydroxylation is 1. The zero-order valence-electron chi connectivity index (χ0n) is 11.9. The Balaban J connectivity index is 1.55. The first-order valence-electron chi connectivity index (χ1n) is 6.71. The van der Waals surface area contributed by atoms with E-state index in [0.717, 1.165) is 21.3 Å². The molecule has 0 aliphatic carbocycles. The molecule has 0 saturated carbocycles. The Kier molecular flexibility index (Phi) is 4.50. The van der Waals surface area contributed by atoms with E-state index in [4.69, 9.17) is 4.42 Å². The van der Waals surface area contributed by atoms with Gasteiger partial charge in [0.15, 0.2) is 5.76 Å². The maximum Gasteiger partial charge on any atom is 0.244 e. The van der Waals surface area contributed by atoms with Crippen LogP contribution in [-0.4, -0.2) is 10.9 Å². The van der Waals surface area contributed by atoms with Gasteiger partial charge in [0.1, 0.15) is 11.5 Å². The molecule has 3 heterocycles. The van der Waals surface area contributed by atoms with E-state index < -0.39 is 0 Å². The quantitative estimate of drug-likeness (QED) is 0.717. The summed E-state index contributed by atoms with van der Waals surface area (Å²) in [7, 11) is 0. The molecule has 0 aliphatic heterocycles. The van der Waals surface area contributed by atoms with Crippen molar-refractivity contribution in [2.24, 2.45) is 0 Å². The molecule has 1 amide bonds. The number of hydrogen-bond donors (Lipinski definition) is 1. The van der Waals surface area contributed by atoms with Crippen molar-refractivity contribution >= 4 is 34.7 Å². The van der Waals surface area contributed by atoms with Crippen molar-refractivity contribution in [2.45, 2.75) is 13.5 Å². The number of rotatable bonds is 5. The van der Waals surface area contributed by atoms with Crippen LogP contribution >= 0.6 is 22.7 Å². The molecule has 1 N–H and O–H groups in total. The normalized spacial score (nSPS) is 11.1. The van der Waals surface area contributed by atoms with Gasteiger partial charge in [0.25, 0.3) is 0 Å². The number of nitrogens with zero attached hydrogens (tertiary/aromatic N) is 1. The van der Waals surface area contributed by atoms with Gasteiger partial charge in [-0.1, -0.05) is 6.07 Å². The second-order valence-corrected chi connectivity index (χ2v) is 6.63. The van der Waals surface area contributed by atoms with Crippen molar-refractivity contribution in [3.63, 3.8) is 0 Å². The Morgan fingerprint density at radius 3 is 3.00 bits per heavy atom. The van der Waals surface area contributed by atoms with E-state index in [1.807, 2.05) is 41.9 Å². The molecule has 0 spiro atoms. The average Bonchev–Trinajstić information content (AvgIpc) is 3.24. The molecule has 22 heavy (non-hydrogen) atoms. The summed E-state index contributed by atoms with van der Waals surface area (Å²) < 4.78 is 5.69. The highest BCUT2D eigenvalue weighted by molar-refractivity contribution is 7.10. The molecule has 4 nitrogen and oxygen atoms in total. The van der Waals surface area contributed by atoms with Gasteiger partial charge in [-0.05, 0) is 36.6 Å². The van der Waals surface area contributed by atoms with Gasteiger partial charge < -0.3 is 9.73 Å². The van der Waals surface area contributed by atoms with Crippen LogP contribution in [0.15, 0.2) is 45.5 Å². The Bertz CT molecular complexity index is 785. The van der Waals surface area contributed by atoms with Gasteiger partial charge in [-0.2, -0.15) is 0 Å². The lowest BCUT2D eigenvalue weighted by Crippen LogP contribution is -2.19. The highest BCUT2D eigenvalue weighted by atomic mass is 32.1. The third kappa shape index (κ3) is 3.72. The average molecular weight is 330 g/mol. The molecule has 3 aromatic rings. The van der Waals surface area contributed by atoms with Crippen LogP contribution in [0.3, 0.4) is 0 Å².